The van der Waals surface area contributed by atoms with Crippen LogP contribution in [-0.2, 0) is 0 Å². The average Bonchev–Trinajstić information content (AvgIpc) is 2.85. The van der Waals surface area contributed by atoms with Gasteiger partial charge in [-0.3, -0.25) is 4.79 Å². The van der Waals surface area contributed by atoms with Crippen LogP contribution in [0.15, 0.2) is 39.6 Å². The third-order valence-corrected chi connectivity index (χ3v) is 3.39. The normalized spacial score (nSPS) is 10.8. The lowest BCUT2D eigenvalue weighted by Crippen LogP contribution is -2.09. The van der Waals surface area contributed by atoms with Crippen molar-refractivity contribution in [1.82, 2.24) is 24.3 Å². The van der Waals surface area contributed by atoms with Crippen LogP contribution in [0.5, 0.6) is 0 Å². The summed E-state index contributed by atoms with van der Waals surface area (Å²) in [6.07, 6.45) is 5.31. The highest BCUT2D eigenvalue weighted by Crippen LogP contribution is 2.27. The molecule has 0 aliphatic carbocycles. The van der Waals surface area contributed by atoms with E-state index in [1.165, 1.54) is 17.8 Å². The number of anilines is 2. The number of nitrogens with zero attached hydrogens (tertiary/aromatic N) is 4. The Bertz CT molecular complexity index is 825. The maximum absolute atomic E-state index is 11.4. The number of hydrogen-bond donors (Lipinski definition) is 3. The number of aromatic amines is 1. The molecule has 0 amide bonds. The number of fused-ring (bicyclic) bond motifs is 1. The summed E-state index contributed by atoms with van der Waals surface area (Å²) in [4.78, 5) is 26.7. The van der Waals surface area contributed by atoms with Crippen molar-refractivity contribution in [3.8, 4) is 0 Å². The van der Waals surface area contributed by atoms with E-state index in [1.54, 1.807) is 13.2 Å². The fourth-order valence-corrected chi connectivity index (χ4v) is 2.56. The molecule has 3 aromatic heterocycles. The van der Waals surface area contributed by atoms with Crippen LogP contribution in [0.3, 0.4) is 0 Å². The summed E-state index contributed by atoms with van der Waals surface area (Å²) in [5, 5.41) is 3.96. The summed E-state index contributed by atoms with van der Waals surface area (Å²) in [5.41, 5.74) is 5.94. The lowest BCUT2D eigenvalue weighted by Gasteiger charge is -2.06. The van der Waals surface area contributed by atoms with E-state index in [0.717, 1.165) is 0 Å². The zero-order valence-electron chi connectivity index (χ0n) is 10.5. The molecule has 0 bridgehead atoms. The minimum atomic E-state index is -0.302. The van der Waals surface area contributed by atoms with Gasteiger partial charge in [0.2, 0.25) is 0 Å². The second-order valence-corrected chi connectivity index (χ2v) is 4.89. The Kier molecular flexibility index (Phi) is 3.03. The van der Waals surface area contributed by atoms with Gasteiger partial charge >= 0.3 is 0 Å². The number of aromatic nitrogens is 5. The zero-order chi connectivity index (χ0) is 14.1. The summed E-state index contributed by atoms with van der Waals surface area (Å²) >= 11 is 1.20. The largest absolute Gasteiger partial charge is 0.383 e. The maximum Gasteiger partial charge on any atom is 0.253 e. The lowest BCUT2D eigenvalue weighted by molar-refractivity contribution is 0.937. The summed E-state index contributed by atoms with van der Waals surface area (Å²) in [7, 11) is 1.78. The molecular weight excluding hydrogens is 278 g/mol. The number of H-pyrrole nitrogens is 1. The molecule has 3 heterocycles. The molecule has 0 saturated carbocycles. The quantitative estimate of drug-likeness (QED) is 0.604. The van der Waals surface area contributed by atoms with Crippen molar-refractivity contribution in [2.75, 3.05) is 18.1 Å². The number of imidazole rings is 1. The SMILES string of the molecule is CNc1cn2ccnc2c(Sc2nc(N)cc(=O)[nH]2)n1. The predicted molar refractivity (Wildman–Crippen MR) is 75.9 cm³/mol. The molecule has 0 fully saturated rings. The Morgan fingerprint density at radius 3 is 3.05 bits per heavy atom. The first-order chi connectivity index (χ1) is 9.65. The van der Waals surface area contributed by atoms with E-state index in [0.29, 0.717) is 21.6 Å². The Labute approximate surface area is 117 Å². The monoisotopic (exact) mass is 289 g/mol. The molecule has 0 aliphatic heterocycles. The fourth-order valence-electron chi connectivity index (χ4n) is 1.68. The second-order valence-electron chi connectivity index (χ2n) is 3.92. The number of nitrogens with one attached hydrogen (secondary N) is 2. The number of nitrogen functional groups attached to an aromatic ring is 1. The van der Waals surface area contributed by atoms with Gasteiger partial charge in [-0.05, 0) is 11.8 Å². The summed E-state index contributed by atoms with van der Waals surface area (Å²) in [5.74, 6) is 0.852. The summed E-state index contributed by atoms with van der Waals surface area (Å²) in [6.45, 7) is 0. The van der Waals surface area contributed by atoms with Gasteiger partial charge in [-0.15, -0.1) is 0 Å². The maximum atomic E-state index is 11.4. The molecule has 102 valence electrons. The van der Waals surface area contributed by atoms with Gasteiger partial charge in [0.25, 0.3) is 5.56 Å². The first-order valence-corrected chi connectivity index (χ1v) is 6.53. The van der Waals surface area contributed by atoms with E-state index >= 15 is 0 Å². The van der Waals surface area contributed by atoms with E-state index in [9.17, 15) is 4.79 Å². The molecule has 0 saturated heterocycles. The van der Waals surface area contributed by atoms with Gasteiger partial charge in [-0.25, -0.2) is 15.0 Å². The molecule has 0 aromatic carbocycles. The first-order valence-electron chi connectivity index (χ1n) is 5.72. The topological polar surface area (TPSA) is 114 Å². The van der Waals surface area contributed by atoms with E-state index < -0.39 is 0 Å². The fraction of sp³-hybridized carbons (Fsp3) is 0.0909. The van der Waals surface area contributed by atoms with E-state index in [2.05, 4.69) is 25.3 Å². The molecule has 9 heteroatoms. The molecule has 0 aliphatic rings. The van der Waals surface area contributed by atoms with Gasteiger partial charge in [-0.1, -0.05) is 0 Å². The number of rotatable bonds is 3. The van der Waals surface area contributed by atoms with E-state index in [1.807, 2.05) is 16.8 Å². The molecule has 0 atom stereocenters. The predicted octanol–water partition coefficient (Wildman–Crippen LogP) is 0.588. The zero-order valence-corrected chi connectivity index (χ0v) is 11.3. The lowest BCUT2D eigenvalue weighted by atomic mass is 10.6. The van der Waals surface area contributed by atoms with Crippen molar-refractivity contribution in [1.29, 1.82) is 0 Å². The first kappa shape index (κ1) is 12.5. The van der Waals surface area contributed by atoms with Crippen LogP contribution in [0, 0.1) is 0 Å². The van der Waals surface area contributed by atoms with Gasteiger partial charge in [-0.2, -0.15) is 0 Å². The molecule has 0 unspecified atom stereocenters. The Balaban J connectivity index is 2.09. The van der Waals surface area contributed by atoms with Crippen molar-refractivity contribution in [2.24, 2.45) is 0 Å². The molecule has 3 aromatic rings. The highest BCUT2D eigenvalue weighted by molar-refractivity contribution is 7.99. The van der Waals surface area contributed by atoms with Crippen LogP contribution < -0.4 is 16.6 Å². The van der Waals surface area contributed by atoms with Crippen molar-refractivity contribution in [3.05, 3.63) is 35.0 Å². The van der Waals surface area contributed by atoms with Gasteiger partial charge in [0.05, 0.1) is 6.20 Å². The van der Waals surface area contributed by atoms with Gasteiger partial charge in [0.1, 0.15) is 16.7 Å². The molecule has 0 spiro atoms. The van der Waals surface area contributed by atoms with Crippen LogP contribution in [0.1, 0.15) is 0 Å². The Morgan fingerprint density at radius 2 is 2.30 bits per heavy atom. The van der Waals surface area contributed by atoms with Crippen LogP contribution >= 0.6 is 11.8 Å². The smallest absolute Gasteiger partial charge is 0.253 e. The molecular formula is C11H11N7OS. The summed E-state index contributed by atoms with van der Waals surface area (Å²) in [6, 6.07) is 1.23. The van der Waals surface area contributed by atoms with Gasteiger partial charge in [0.15, 0.2) is 10.8 Å². The standard InChI is InChI=1S/C11H11N7OS/c1-13-7-5-18-3-2-14-9(18)10(16-7)20-11-15-6(12)4-8(19)17-11/h2-5,13H,1H3,(H3,12,15,17,19). The minimum Gasteiger partial charge on any atom is -0.383 e. The van der Waals surface area contributed by atoms with Crippen molar-refractivity contribution >= 4 is 29.0 Å². The molecule has 20 heavy (non-hydrogen) atoms. The molecule has 3 rings (SSSR count). The van der Waals surface area contributed by atoms with Gasteiger partial charge in [0, 0.05) is 25.5 Å². The number of hydrogen-bond acceptors (Lipinski definition) is 7. The van der Waals surface area contributed by atoms with Crippen LogP contribution in [-0.4, -0.2) is 31.4 Å². The van der Waals surface area contributed by atoms with Gasteiger partial charge < -0.3 is 20.4 Å². The van der Waals surface area contributed by atoms with Crippen molar-refractivity contribution in [3.63, 3.8) is 0 Å². The van der Waals surface area contributed by atoms with Crippen LogP contribution in [0.25, 0.3) is 5.65 Å². The van der Waals surface area contributed by atoms with Crippen molar-refractivity contribution in [2.45, 2.75) is 10.2 Å². The van der Waals surface area contributed by atoms with E-state index in [4.69, 9.17) is 5.73 Å². The third kappa shape index (κ3) is 2.30. The summed E-state index contributed by atoms with van der Waals surface area (Å²) < 4.78 is 1.84. The third-order valence-electron chi connectivity index (χ3n) is 2.53. The second kappa shape index (κ2) is 4.85. The number of nitrogens with two attached hydrogens (primary N) is 1. The van der Waals surface area contributed by atoms with Crippen LogP contribution in [0.4, 0.5) is 11.6 Å². The Hall–Kier alpha value is -2.55. The molecule has 8 nitrogen and oxygen atoms in total. The molecule has 0 radical (unpaired) electrons. The average molecular weight is 289 g/mol. The molecule has 4 N–H and O–H groups in total. The Morgan fingerprint density at radius 1 is 1.45 bits per heavy atom. The minimum absolute atomic E-state index is 0.167. The van der Waals surface area contributed by atoms with Crippen LogP contribution in [0.2, 0.25) is 0 Å². The van der Waals surface area contributed by atoms with Crippen molar-refractivity contribution < 1.29 is 0 Å². The van der Waals surface area contributed by atoms with E-state index in [-0.39, 0.29) is 11.4 Å². The highest BCUT2D eigenvalue weighted by Gasteiger charge is 2.10. The highest BCUT2D eigenvalue weighted by atomic mass is 32.2.